The Labute approximate surface area is 92.6 Å². The van der Waals surface area contributed by atoms with Crippen molar-refractivity contribution in [1.82, 2.24) is 0 Å². The number of allylic oxidation sites excluding steroid dienone is 6. The van der Waals surface area contributed by atoms with Crippen LogP contribution in [0.25, 0.3) is 0 Å². The molecule has 2 atom stereocenters. The molecule has 0 aromatic rings. The largest absolute Gasteiger partial charge is 0.295 e. The highest BCUT2D eigenvalue weighted by Gasteiger charge is 2.19. The molecule has 0 amide bonds. The molecule has 1 aliphatic carbocycles. The van der Waals surface area contributed by atoms with Crippen LogP contribution in [-0.4, -0.2) is 5.78 Å². The summed E-state index contributed by atoms with van der Waals surface area (Å²) in [7, 11) is 0. The lowest BCUT2D eigenvalue weighted by atomic mass is 9.82. The van der Waals surface area contributed by atoms with Gasteiger partial charge in [0.1, 0.15) is 0 Å². The Kier molecular flexibility index (Phi) is 5.09. The van der Waals surface area contributed by atoms with Gasteiger partial charge in [-0.25, -0.2) is 0 Å². The summed E-state index contributed by atoms with van der Waals surface area (Å²) in [5, 5.41) is 0. The molecule has 0 saturated heterocycles. The lowest BCUT2D eigenvalue weighted by Gasteiger charge is -2.23. The minimum Gasteiger partial charge on any atom is -0.295 e. The predicted octanol–water partition coefficient (Wildman–Crippen LogP) is 3.68. The van der Waals surface area contributed by atoms with E-state index in [4.69, 9.17) is 0 Å². The highest BCUT2D eigenvalue weighted by atomic mass is 16.1. The summed E-state index contributed by atoms with van der Waals surface area (Å²) in [6.07, 6.45) is 14.8. The van der Waals surface area contributed by atoms with Gasteiger partial charge in [0.15, 0.2) is 5.78 Å². The summed E-state index contributed by atoms with van der Waals surface area (Å²) >= 11 is 0. The molecule has 1 heteroatoms. The Hall–Kier alpha value is -1.11. The third-order valence-electron chi connectivity index (χ3n) is 2.94. The first-order valence-corrected chi connectivity index (χ1v) is 5.73. The van der Waals surface area contributed by atoms with Crippen LogP contribution in [0.15, 0.2) is 36.5 Å². The molecule has 0 fully saturated rings. The van der Waals surface area contributed by atoms with Gasteiger partial charge in [0.2, 0.25) is 0 Å². The molecule has 0 heterocycles. The van der Waals surface area contributed by atoms with Crippen LogP contribution in [0.1, 0.15) is 33.1 Å². The maximum Gasteiger partial charge on any atom is 0.155 e. The number of carbonyl (C=O) groups is 1. The zero-order valence-electron chi connectivity index (χ0n) is 9.65. The number of rotatable bonds is 4. The van der Waals surface area contributed by atoms with E-state index in [1.807, 2.05) is 25.2 Å². The normalized spacial score (nSPS) is 26.5. The molecule has 1 rings (SSSR count). The first kappa shape index (κ1) is 12.0. The second-order valence-electron chi connectivity index (χ2n) is 4.18. The van der Waals surface area contributed by atoms with Crippen molar-refractivity contribution in [3.63, 3.8) is 0 Å². The summed E-state index contributed by atoms with van der Waals surface area (Å²) in [5.74, 6) is 1.34. The smallest absolute Gasteiger partial charge is 0.155 e. The van der Waals surface area contributed by atoms with Gasteiger partial charge in [0.25, 0.3) is 0 Å². The summed E-state index contributed by atoms with van der Waals surface area (Å²) in [4.78, 5) is 11.6. The van der Waals surface area contributed by atoms with Crippen molar-refractivity contribution in [1.29, 1.82) is 0 Å². The standard InChI is InChI=1S/C14H20O/c1-3-4-5-10-14(15)11-13-9-7-6-8-12(13)2/h3-6,8,10,12-13H,7,9,11H2,1-2H3. The average molecular weight is 204 g/mol. The molecule has 0 saturated carbocycles. The van der Waals surface area contributed by atoms with Gasteiger partial charge in [-0.3, -0.25) is 4.79 Å². The predicted molar refractivity (Wildman–Crippen MR) is 64.6 cm³/mol. The Morgan fingerprint density at radius 1 is 1.47 bits per heavy atom. The van der Waals surface area contributed by atoms with Gasteiger partial charge in [-0.05, 0) is 37.7 Å². The fourth-order valence-corrected chi connectivity index (χ4v) is 1.93. The number of hydrogen-bond donors (Lipinski definition) is 0. The second-order valence-corrected chi connectivity index (χ2v) is 4.18. The summed E-state index contributed by atoms with van der Waals surface area (Å²) in [5.41, 5.74) is 0. The van der Waals surface area contributed by atoms with E-state index >= 15 is 0 Å². The molecule has 2 unspecified atom stereocenters. The monoisotopic (exact) mass is 204 g/mol. The average Bonchev–Trinajstić information content (AvgIpc) is 2.22. The van der Waals surface area contributed by atoms with Crippen LogP contribution in [0.2, 0.25) is 0 Å². The number of carbonyl (C=O) groups excluding carboxylic acids is 1. The van der Waals surface area contributed by atoms with Gasteiger partial charge in [-0.2, -0.15) is 0 Å². The molecule has 15 heavy (non-hydrogen) atoms. The zero-order valence-corrected chi connectivity index (χ0v) is 9.65. The number of ketones is 1. The molecular weight excluding hydrogens is 184 g/mol. The van der Waals surface area contributed by atoms with Crippen molar-refractivity contribution < 1.29 is 4.79 Å². The maximum atomic E-state index is 11.6. The number of hydrogen-bond acceptors (Lipinski definition) is 1. The lowest BCUT2D eigenvalue weighted by molar-refractivity contribution is -0.115. The molecule has 1 nitrogen and oxygen atoms in total. The molecule has 0 bridgehead atoms. The third kappa shape index (κ3) is 4.28. The van der Waals surface area contributed by atoms with E-state index in [0.29, 0.717) is 18.3 Å². The minimum absolute atomic E-state index is 0.250. The van der Waals surface area contributed by atoms with Gasteiger partial charge in [0, 0.05) is 6.42 Å². The molecule has 1 aliphatic rings. The van der Waals surface area contributed by atoms with E-state index in [9.17, 15) is 4.79 Å². The molecule has 0 aromatic carbocycles. The van der Waals surface area contributed by atoms with E-state index < -0.39 is 0 Å². The quantitative estimate of drug-likeness (QED) is 0.388. The fraction of sp³-hybridized carbons (Fsp3) is 0.500. The minimum atomic E-state index is 0.250. The van der Waals surface area contributed by atoms with Crippen molar-refractivity contribution in [2.75, 3.05) is 0 Å². The van der Waals surface area contributed by atoms with E-state index in [1.165, 1.54) is 0 Å². The summed E-state index contributed by atoms with van der Waals surface area (Å²) in [6, 6.07) is 0. The van der Waals surface area contributed by atoms with Gasteiger partial charge >= 0.3 is 0 Å². The second kappa shape index (κ2) is 6.39. The molecule has 0 N–H and O–H groups in total. The van der Waals surface area contributed by atoms with Gasteiger partial charge in [0.05, 0.1) is 0 Å². The molecule has 0 spiro atoms. The van der Waals surface area contributed by atoms with E-state index in [-0.39, 0.29) is 5.78 Å². The van der Waals surface area contributed by atoms with Crippen molar-refractivity contribution in [2.45, 2.75) is 33.1 Å². The van der Waals surface area contributed by atoms with Gasteiger partial charge < -0.3 is 0 Å². The van der Waals surface area contributed by atoms with Crippen molar-refractivity contribution in [2.24, 2.45) is 11.8 Å². The Morgan fingerprint density at radius 2 is 2.27 bits per heavy atom. The summed E-state index contributed by atoms with van der Waals surface area (Å²) in [6.45, 7) is 4.14. The van der Waals surface area contributed by atoms with Crippen LogP contribution in [0.3, 0.4) is 0 Å². The van der Waals surface area contributed by atoms with Crippen molar-refractivity contribution >= 4 is 5.78 Å². The third-order valence-corrected chi connectivity index (χ3v) is 2.94. The van der Waals surface area contributed by atoms with Crippen LogP contribution in [0, 0.1) is 11.8 Å². The van der Waals surface area contributed by atoms with Crippen LogP contribution in [0.4, 0.5) is 0 Å². The Balaban J connectivity index is 2.40. The Morgan fingerprint density at radius 3 is 2.93 bits per heavy atom. The van der Waals surface area contributed by atoms with Crippen molar-refractivity contribution in [3.8, 4) is 0 Å². The SMILES string of the molecule is CC=CC=CC(=O)CC1CCC=CC1C. The highest BCUT2D eigenvalue weighted by molar-refractivity contribution is 5.90. The first-order valence-electron chi connectivity index (χ1n) is 5.73. The lowest BCUT2D eigenvalue weighted by Crippen LogP contribution is -2.16. The molecule has 0 aromatic heterocycles. The van der Waals surface area contributed by atoms with Crippen LogP contribution < -0.4 is 0 Å². The van der Waals surface area contributed by atoms with E-state index in [0.717, 1.165) is 12.8 Å². The van der Waals surface area contributed by atoms with Gasteiger partial charge in [-0.15, -0.1) is 0 Å². The van der Waals surface area contributed by atoms with E-state index in [2.05, 4.69) is 19.1 Å². The van der Waals surface area contributed by atoms with E-state index in [1.54, 1.807) is 6.08 Å². The van der Waals surface area contributed by atoms with Gasteiger partial charge in [-0.1, -0.05) is 37.3 Å². The molecule has 0 aliphatic heterocycles. The fourth-order valence-electron chi connectivity index (χ4n) is 1.93. The molecule has 82 valence electrons. The molecule has 0 radical (unpaired) electrons. The highest BCUT2D eigenvalue weighted by Crippen LogP contribution is 2.27. The summed E-state index contributed by atoms with van der Waals surface area (Å²) < 4.78 is 0. The molecular formula is C14H20O. The first-order chi connectivity index (χ1) is 7.24. The Bertz CT molecular complexity index is 284. The van der Waals surface area contributed by atoms with Crippen LogP contribution in [0.5, 0.6) is 0 Å². The van der Waals surface area contributed by atoms with Crippen LogP contribution >= 0.6 is 0 Å². The topological polar surface area (TPSA) is 17.1 Å². The van der Waals surface area contributed by atoms with Crippen molar-refractivity contribution in [3.05, 3.63) is 36.5 Å². The van der Waals surface area contributed by atoms with Crippen LogP contribution in [-0.2, 0) is 4.79 Å². The maximum absolute atomic E-state index is 11.6. The zero-order chi connectivity index (χ0) is 11.1.